The largest absolute Gasteiger partial charge is 0.379 e. The van der Waals surface area contributed by atoms with Crippen LogP contribution in [0, 0.1) is 0 Å². The van der Waals surface area contributed by atoms with Gasteiger partial charge in [-0.1, -0.05) is 101 Å². The Kier molecular flexibility index (Phi) is 16.9. The molecule has 0 atom stereocenters. The summed E-state index contributed by atoms with van der Waals surface area (Å²) >= 11 is 0. The first-order valence-corrected chi connectivity index (χ1v) is 14.5. The topological polar surface area (TPSA) is 18.5 Å². The van der Waals surface area contributed by atoms with Gasteiger partial charge in [-0.05, 0) is 77.3 Å². The SMILES string of the molecule is COC(C)(C)CCCCCCCCCc1ccccc1CCCCCCCCCC(C)(C)OC. The van der Waals surface area contributed by atoms with Gasteiger partial charge in [0, 0.05) is 14.2 Å². The van der Waals surface area contributed by atoms with Crippen molar-refractivity contribution in [2.24, 2.45) is 0 Å². The van der Waals surface area contributed by atoms with E-state index in [0.29, 0.717) is 0 Å². The molecule has 0 spiro atoms. The minimum Gasteiger partial charge on any atom is -0.379 e. The molecule has 1 aromatic rings. The van der Waals surface area contributed by atoms with Crippen molar-refractivity contribution < 1.29 is 9.47 Å². The Morgan fingerprint density at radius 3 is 1.09 bits per heavy atom. The summed E-state index contributed by atoms with van der Waals surface area (Å²) in [5.74, 6) is 0. The van der Waals surface area contributed by atoms with Crippen LogP contribution in [0.1, 0.15) is 142 Å². The Bertz CT molecular complexity index is 552. The fraction of sp³-hybridized carbons (Fsp3) is 0.812. The maximum Gasteiger partial charge on any atom is 0.0622 e. The number of rotatable bonds is 22. The first kappa shape index (κ1) is 31.2. The lowest BCUT2D eigenvalue weighted by Crippen LogP contribution is -2.21. The highest BCUT2D eigenvalue weighted by Gasteiger charge is 2.15. The van der Waals surface area contributed by atoms with Gasteiger partial charge in [-0.15, -0.1) is 0 Å². The van der Waals surface area contributed by atoms with Crippen molar-refractivity contribution in [1.29, 1.82) is 0 Å². The summed E-state index contributed by atoms with van der Waals surface area (Å²) < 4.78 is 11.0. The maximum absolute atomic E-state index is 5.51. The molecule has 0 saturated carbocycles. The van der Waals surface area contributed by atoms with E-state index in [4.69, 9.17) is 9.47 Å². The number of unbranched alkanes of at least 4 members (excludes halogenated alkanes) is 12. The van der Waals surface area contributed by atoms with Gasteiger partial charge in [0.2, 0.25) is 0 Å². The summed E-state index contributed by atoms with van der Waals surface area (Å²) in [4.78, 5) is 0. The Morgan fingerprint density at radius 1 is 0.471 bits per heavy atom. The standard InChI is InChI=1S/C32H58O2/c1-31(2,33-5)27-21-15-11-7-9-13-17-23-29-25-19-20-26-30(29)24-18-14-10-8-12-16-22-28-32(3,4)34-6/h19-20,25-26H,7-18,21-24,27-28H2,1-6H3. The van der Waals surface area contributed by atoms with Gasteiger partial charge in [0.15, 0.2) is 0 Å². The zero-order valence-corrected chi connectivity index (χ0v) is 23.9. The first-order valence-electron chi connectivity index (χ1n) is 14.5. The summed E-state index contributed by atoms with van der Waals surface area (Å²) in [5, 5.41) is 0. The lowest BCUT2D eigenvalue weighted by molar-refractivity contribution is 0.0131. The van der Waals surface area contributed by atoms with E-state index < -0.39 is 0 Å². The summed E-state index contributed by atoms with van der Waals surface area (Å²) in [6, 6.07) is 9.19. The highest BCUT2D eigenvalue weighted by atomic mass is 16.5. The van der Waals surface area contributed by atoms with Crippen LogP contribution in [0.2, 0.25) is 0 Å². The van der Waals surface area contributed by atoms with Crippen LogP contribution in [0.5, 0.6) is 0 Å². The van der Waals surface area contributed by atoms with Crippen LogP contribution in [-0.2, 0) is 22.3 Å². The molecular formula is C32H58O2. The van der Waals surface area contributed by atoms with Gasteiger partial charge in [0.25, 0.3) is 0 Å². The molecule has 0 aliphatic rings. The van der Waals surface area contributed by atoms with Crippen LogP contribution in [-0.4, -0.2) is 25.4 Å². The predicted molar refractivity (Wildman–Crippen MR) is 150 cm³/mol. The van der Waals surface area contributed by atoms with Crippen molar-refractivity contribution in [2.45, 2.75) is 154 Å². The van der Waals surface area contributed by atoms with Gasteiger partial charge in [0.1, 0.15) is 0 Å². The molecular weight excluding hydrogens is 416 g/mol. The molecule has 198 valence electrons. The van der Waals surface area contributed by atoms with E-state index in [1.54, 1.807) is 11.1 Å². The van der Waals surface area contributed by atoms with Crippen LogP contribution in [0.15, 0.2) is 24.3 Å². The third-order valence-electron chi connectivity index (χ3n) is 7.67. The van der Waals surface area contributed by atoms with Crippen LogP contribution in [0.3, 0.4) is 0 Å². The Morgan fingerprint density at radius 2 is 0.765 bits per heavy atom. The molecule has 0 amide bonds. The Hall–Kier alpha value is -0.860. The lowest BCUT2D eigenvalue weighted by atomic mass is 9.96. The van der Waals surface area contributed by atoms with E-state index in [1.165, 1.54) is 116 Å². The van der Waals surface area contributed by atoms with Gasteiger partial charge >= 0.3 is 0 Å². The van der Waals surface area contributed by atoms with E-state index in [2.05, 4.69) is 52.0 Å². The predicted octanol–water partition coefficient (Wildman–Crippen LogP) is 9.86. The van der Waals surface area contributed by atoms with Crippen LogP contribution >= 0.6 is 0 Å². The zero-order chi connectivity index (χ0) is 25.1. The molecule has 0 radical (unpaired) electrons. The van der Waals surface area contributed by atoms with E-state index in [9.17, 15) is 0 Å². The Balaban J connectivity index is 2.06. The zero-order valence-electron chi connectivity index (χ0n) is 23.9. The second-order valence-electron chi connectivity index (χ2n) is 11.6. The highest BCUT2D eigenvalue weighted by molar-refractivity contribution is 5.27. The molecule has 0 saturated heterocycles. The second-order valence-corrected chi connectivity index (χ2v) is 11.6. The second kappa shape index (κ2) is 18.4. The molecule has 0 heterocycles. The fourth-order valence-corrected chi connectivity index (χ4v) is 4.75. The number of hydrogen-bond donors (Lipinski definition) is 0. The minimum atomic E-state index is 0.0507. The van der Waals surface area contributed by atoms with Gasteiger partial charge in [-0.25, -0.2) is 0 Å². The molecule has 0 N–H and O–H groups in total. The minimum absolute atomic E-state index is 0.0507. The van der Waals surface area contributed by atoms with Crippen LogP contribution < -0.4 is 0 Å². The van der Waals surface area contributed by atoms with Gasteiger partial charge < -0.3 is 9.47 Å². The van der Waals surface area contributed by atoms with Crippen LogP contribution in [0.4, 0.5) is 0 Å². The molecule has 2 nitrogen and oxygen atoms in total. The van der Waals surface area contributed by atoms with Crippen molar-refractivity contribution in [2.75, 3.05) is 14.2 Å². The highest BCUT2D eigenvalue weighted by Crippen LogP contribution is 2.21. The molecule has 0 aliphatic heterocycles. The van der Waals surface area contributed by atoms with Gasteiger partial charge in [-0.3, -0.25) is 0 Å². The molecule has 0 fully saturated rings. The average Bonchev–Trinajstić information content (AvgIpc) is 2.82. The van der Waals surface area contributed by atoms with E-state index in [0.717, 1.165) is 0 Å². The smallest absolute Gasteiger partial charge is 0.0622 e. The van der Waals surface area contributed by atoms with E-state index in [1.807, 2.05) is 14.2 Å². The summed E-state index contributed by atoms with van der Waals surface area (Å²) in [5.41, 5.74) is 3.31. The first-order chi connectivity index (χ1) is 16.3. The van der Waals surface area contributed by atoms with Gasteiger partial charge in [-0.2, -0.15) is 0 Å². The van der Waals surface area contributed by atoms with Crippen molar-refractivity contribution in [3.05, 3.63) is 35.4 Å². The summed E-state index contributed by atoms with van der Waals surface area (Å²) in [6.07, 6.45) is 23.9. The van der Waals surface area contributed by atoms with E-state index in [-0.39, 0.29) is 11.2 Å². The lowest BCUT2D eigenvalue weighted by Gasteiger charge is -2.22. The molecule has 0 aromatic heterocycles. The van der Waals surface area contributed by atoms with Crippen molar-refractivity contribution in [3.8, 4) is 0 Å². The van der Waals surface area contributed by atoms with Crippen molar-refractivity contribution in [1.82, 2.24) is 0 Å². The number of hydrogen-bond acceptors (Lipinski definition) is 2. The molecule has 1 aromatic carbocycles. The van der Waals surface area contributed by atoms with Crippen molar-refractivity contribution in [3.63, 3.8) is 0 Å². The molecule has 0 aliphatic carbocycles. The summed E-state index contributed by atoms with van der Waals surface area (Å²) in [6.45, 7) is 8.77. The fourth-order valence-electron chi connectivity index (χ4n) is 4.75. The van der Waals surface area contributed by atoms with Crippen molar-refractivity contribution >= 4 is 0 Å². The molecule has 0 bridgehead atoms. The number of ether oxygens (including phenoxy) is 2. The van der Waals surface area contributed by atoms with Crippen LogP contribution in [0.25, 0.3) is 0 Å². The molecule has 0 unspecified atom stereocenters. The third-order valence-corrected chi connectivity index (χ3v) is 7.67. The van der Waals surface area contributed by atoms with Gasteiger partial charge in [0.05, 0.1) is 11.2 Å². The number of methoxy groups -OCH3 is 2. The quantitative estimate of drug-likeness (QED) is 0.156. The normalized spacial score (nSPS) is 12.4. The average molecular weight is 475 g/mol. The molecule has 1 rings (SSSR count). The van der Waals surface area contributed by atoms with E-state index >= 15 is 0 Å². The Labute approximate surface area is 213 Å². The number of aryl methyl sites for hydroxylation is 2. The molecule has 2 heteroatoms. The molecule has 34 heavy (non-hydrogen) atoms. The maximum atomic E-state index is 5.51. The summed E-state index contributed by atoms with van der Waals surface area (Å²) in [7, 11) is 3.65. The monoisotopic (exact) mass is 474 g/mol. The number of benzene rings is 1. The third kappa shape index (κ3) is 15.9.